The average molecular weight is 448 g/mol. The van der Waals surface area contributed by atoms with Gasteiger partial charge in [-0.2, -0.15) is 0 Å². The highest BCUT2D eigenvalue weighted by molar-refractivity contribution is 5.91. The van der Waals surface area contributed by atoms with Crippen LogP contribution < -0.4 is 14.2 Å². The molecule has 9 nitrogen and oxygen atoms in total. The van der Waals surface area contributed by atoms with Gasteiger partial charge in [0.05, 0.1) is 26.4 Å². The number of esters is 1. The van der Waals surface area contributed by atoms with Crippen LogP contribution in [-0.2, 0) is 20.8 Å². The predicted molar refractivity (Wildman–Crippen MR) is 113 cm³/mol. The lowest BCUT2D eigenvalue weighted by atomic mass is 10.0. The monoisotopic (exact) mass is 448 g/mol. The lowest BCUT2D eigenvalue weighted by molar-refractivity contribution is -0.248. The molecule has 9 heteroatoms. The van der Waals surface area contributed by atoms with E-state index in [9.17, 15) is 15.0 Å². The Balaban J connectivity index is 1.79. The number of ether oxygens (including phenoxy) is 6. The maximum atomic E-state index is 12.8. The Morgan fingerprint density at radius 2 is 1.75 bits per heavy atom. The maximum Gasteiger partial charge on any atom is 0.338 e. The number of hydrogen-bond acceptors (Lipinski definition) is 9. The van der Waals surface area contributed by atoms with Crippen molar-refractivity contribution in [3.05, 3.63) is 53.6 Å². The number of benzene rings is 2. The first-order valence-corrected chi connectivity index (χ1v) is 10.1. The molecule has 0 aliphatic carbocycles. The van der Waals surface area contributed by atoms with Crippen molar-refractivity contribution >= 4 is 5.97 Å². The Hall–Kier alpha value is -2.85. The summed E-state index contributed by atoms with van der Waals surface area (Å²) in [6.07, 6.45) is -3.65. The molecule has 2 aromatic carbocycles. The summed E-state index contributed by atoms with van der Waals surface area (Å²) in [5.41, 5.74) is 1.11. The SMILES string of the molecule is COc1cc(C(=O)OC2C[C@@H](OC)OC(CO)[C@H]2O)cc(OC)c1OCc1ccccc1. The van der Waals surface area contributed by atoms with Gasteiger partial charge in [-0.3, -0.25) is 0 Å². The van der Waals surface area contributed by atoms with Crippen molar-refractivity contribution < 1.29 is 43.4 Å². The molecule has 1 aliphatic heterocycles. The second-order valence-corrected chi connectivity index (χ2v) is 7.18. The van der Waals surface area contributed by atoms with Crippen LogP contribution in [0.15, 0.2) is 42.5 Å². The first-order valence-electron chi connectivity index (χ1n) is 10.1. The van der Waals surface area contributed by atoms with E-state index in [-0.39, 0.29) is 18.6 Å². The molecule has 1 fully saturated rings. The van der Waals surface area contributed by atoms with E-state index in [2.05, 4.69) is 0 Å². The van der Waals surface area contributed by atoms with Gasteiger partial charge >= 0.3 is 5.97 Å². The Bertz CT molecular complexity index is 861. The van der Waals surface area contributed by atoms with E-state index in [4.69, 9.17) is 28.4 Å². The highest BCUT2D eigenvalue weighted by atomic mass is 16.7. The normalized spacial score (nSPS) is 22.8. The predicted octanol–water partition coefficient (Wildman–Crippen LogP) is 1.92. The molecule has 0 spiro atoms. The molecule has 4 atom stereocenters. The standard InChI is InChI=1S/C23H28O9/c1-27-17-9-15(10-18(28-2)22(17)30-13-14-7-5-4-6-8-14)23(26)32-16-11-20(29-3)31-19(12-24)21(16)25/h4-10,16,19-21,24-25H,11-13H2,1-3H3/t16?,19?,20-,21-/m0/s1. The Morgan fingerprint density at radius 3 is 2.31 bits per heavy atom. The number of aliphatic hydroxyl groups is 2. The molecule has 0 aromatic heterocycles. The fourth-order valence-corrected chi connectivity index (χ4v) is 3.40. The summed E-state index contributed by atoms with van der Waals surface area (Å²) in [4.78, 5) is 12.8. The molecular weight excluding hydrogens is 420 g/mol. The second-order valence-electron chi connectivity index (χ2n) is 7.18. The van der Waals surface area contributed by atoms with Gasteiger partial charge in [-0.15, -0.1) is 0 Å². The molecule has 1 heterocycles. The van der Waals surface area contributed by atoms with Crippen molar-refractivity contribution in [3.8, 4) is 17.2 Å². The molecule has 0 radical (unpaired) electrons. The van der Waals surface area contributed by atoms with Gasteiger partial charge in [0.25, 0.3) is 0 Å². The van der Waals surface area contributed by atoms with Gasteiger partial charge in [0.15, 0.2) is 17.8 Å². The van der Waals surface area contributed by atoms with Crippen LogP contribution >= 0.6 is 0 Å². The molecule has 0 saturated carbocycles. The van der Waals surface area contributed by atoms with Crippen LogP contribution in [0, 0.1) is 0 Å². The van der Waals surface area contributed by atoms with Crippen molar-refractivity contribution in [3.63, 3.8) is 0 Å². The van der Waals surface area contributed by atoms with Gasteiger partial charge in [0, 0.05) is 13.5 Å². The van der Waals surface area contributed by atoms with E-state index >= 15 is 0 Å². The summed E-state index contributed by atoms with van der Waals surface area (Å²) in [5, 5.41) is 19.8. The van der Waals surface area contributed by atoms with E-state index in [0.29, 0.717) is 17.2 Å². The number of carbonyl (C=O) groups excluding carboxylic acids is 1. The van der Waals surface area contributed by atoms with Crippen LogP contribution in [0.25, 0.3) is 0 Å². The van der Waals surface area contributed by atoms with Crippen molar-refractivity contribution in [2.75, 3.05) is 27.9 Å². The average Bonchev–Trinajstić information content (AvgIpc) is 2.83. The van der Waals surface area contributed by atoms with Crippen molar-refractivity contribution in [1.82, 2.24) is 0 Å². The van der Waals surface area contributed by atoms with Crippen LogP contribution in [0.1, 0.15) is 22.3 Å². The number of carbonyl (C=O) groups is 1. The third-order valence-electron chi connectivity index (χ3n) is 5.14. The van der Waals surface area contributed by atoms with Crippen LogP contribution in [0.4, 0.5) is 0 Å². The molecule has 1 aliphatic rings. The Morgan fingerprint density at radius 1 is 1.09 bits per heavy atom. The zero-order chi connectivity index (χ0) is 23.1. The molecular formula is C23H28O9. The summed E-state index contributed by atoms with van der Waals surface area (Å²) >= 11 is 0. The van der Waals surface area contributed by atoms with Crippen LogP contribution in [0.2, 0.25) is 0 Å². The molecule has 174 valence electrons. The number of rotatable bonds is 9. The van der Waals surface area contributed by atoms with Gasteiger partial charge in [-0.1, -0.05) is 30.3 Å². The Labute approximate surface area is 186 Å². The lowest BCUT2D eigenvalue weighted by Crippen LogP contribution is -2.51. The third-order valence-corrected chi connectivity index (χ3v) is 5.14. The summed E-state index contributed by atoms with van der Waals surface area (Å²) < 4.78 is 32.8. The van der Waals surface area contributed by atoms with Crippen molar-refractivity contribution in [2.45, 2.75) is 37.6 Å². The second kappa shape index (κ2) is 11.1. The molecule has 2 aromatic rings. The summed E-state index contributed by atoms with van der Waals surface area (Å²) in [5.74, 6) is 0.237. The van der Waals surface area contributed by atoms with E-state index in [1.165, 1.54) is 33.5 Å². The minimum absolute atomic E-state index is 0.118. The zero-order valence-electron chi connectivity index (χ0n) is 18.2. The van der Waals surface area contributed by atoms with Gasteiger partial charge < -0.3 is 38.6 Å². The maximum absolute atomic E-state index is 12.8. The third kappa shape index (κ3) is 5.49. The van der Waals surface area contributed by atoms with Crippen LogP contribution in [-0.4, -0.2) is 68.7 Å². The molecule has 2 N–H and O–H groups in total. The quantitative estimate of drug-likeness (QED) is 0.556. The summed E-state index contributed by atoms with van der Waals surface area (Å²) in [6, 6.07) is 12.5. The molecule has 1 saturated heterocycles. The summed E-state index contributed by atoms with van der Waals surface area (Å²) in [6.45, 7) is -0.156. The Kier molecular flexibility index (Phi) is 8.29. The van der Waals surface area contributed by atoms with E-state index in [1.807, 2.05) is 30.3 Å². The smallest absolute Gasteiger partial charge is 0.338 e. The van der Waals surface area contributed by atoms with Gasteiger partial charge in [-0.25, -0.2) is 4.79 Å². The van der Waals surface area contributed by atoms with E-state index < -0.39 is 37.2 Å². The topological polar surface area (TPSA) is 113 Å². The first kappa shape index (κ1) is 23.8. The number of aliphatic hydroxyl groups excluding tert-OH is 2. The fourth-order valence-electron chi connectivity index (χ4n) is 3.40. The van der Waals surface area contributed by atoms with Gasteiger partial charge in [0.1, 0.15) is 24.9 Å². The van der Waals surface area contributed by atoms with Gasteiger partial charge in [-0.05, 0) is 17.7 Å². The zero-order valence-corrected chi connectivity index (χ0v) is 18.2. The van der Waals surface area contributed by atoms with Crippen molar-refractivity contribution in [1.29, 1.82) is 0 Å². The molecule has 0 amide bonds. The molecule has 0 bridgehead atoms. The minimum atomic E-state index is -1.20. The largest absolute Gasteiger partial charge is 0.493 e. The minimum Gasteiger partial charge on any atom is -0.493 e. The molecule has 2 unspecified atom stereocenters. The number of hydrogen-bond donors (Lipinski definition) is 2. The number of methoxy groups -OCH3 is 3. The van der Waals surface area contributed by atoms with E-state index in [0.717, 1.165) is 5.56 Å². The highest BCUT2D eigenvalue weighted by Crippen LogP contribution is 2.39. The summed E-state index contributed by atoms with van der Waals surface area (Å²) in [7, 11) is 4.34. The molecule has 32 heavy (non-hydrogen) atoms. The van der Waals surface area contributed by atoms with Crippen LogP contribution in [0.5, 0.6) is 17.2 Å². The van der Waals surface area contributed by atoms with Crippen LogP contribution in [0.3, 0.4) is 0 Å². The van der Waals surface area contributed by atoms with E-state index in [1.54, 1.807) is 0 Å². The first-order chi connectivity index (χ1) is 15.5. The van der Waals surface area contributed by atoms with Gasteiger partial charge in [0.2, 0.25) is 5.75 Å². The highest BCUT2D eigenvalue weighted by Gasteiger charge is 2.40. The molecule has 3 rings (SSSR count). The lowest BCUT2D eigenvalue weighted by Gasteiger charge is -2.37. The fraction of sp³-hybridized carbons (Fsp3) is 0.435. The van der Waals surface area contributed by atoms with Crippen molar-refractivity contribution in [2.24, 2.45) is 0 Å².